The zero-order valence-electron chi connectivity index (χ0n) is 5.70. The first kappa shape index (κ1) is 16.5. The van der Waals surface area contributed by atoms with Crippen LogP contribution in [0.3, 0.4) is 0 Å². The van der Waals surface area contributed by atoms with Gasteiger partial charge in [-0.15, -0.1) is 0 Å². The van der Waals surface area contributed by atoms with E-state index in [9.17, 15) is 4.79 Å². The lowest BCUT2D eigenvalue weighted by Crippen LogP contribution is -2.36. The van der Waals surface area contributed by atoms with E-state index in [0.717, 1.165) is 0 Å². The minimum absolute atomic E-state index is 1.17. The summed E-state index contributed by atoms with van der Waals surface area (Å²) in [4.78, 5) is 18.8. The van der Waals surface area contributed by atoms with Crippen LogP contribution in [0.2, 0.25) is 0 Å². The van der Waals surface area contributed by atoms with Gasteiger partial charge in [0.2, 0.25) is 5.78 Å². The molecule has 0 aliphatic rings. The Morgan fingerprint density at radius 1 is 1.08 bits per heavy atom. The number of halogens is 6. The van der Waals surface area contributed by atoms with E-state index < -0.39 is 14.1 Å². The highest BCUT2D eigenvalue weighted by molar-refractivity contribution is 6.80. The fourth-order valence-electron chi connectivity index (χ4n) is 0.200. The number of ketones is 1. The Bertz CT molecular complexity index is 175. The Labute approximate surface area is 104 Å². The Morgan fingerprint density at radius 2 is 1.38 bits per heavy atom. The summed E-state index contributed by atoms with van der Waals surface area (Å²) in [6, 6.07) is 0. The molecule has 0 spiro atoms. The van der Waals surface area contributed by atoms with Gasteiger partial charge in [-0.3, -0.25) is 4.79 Å². The molecule has 0 N–H and O–H groups in total. The molecule has 0 rings (SSSR count). The predicted molar refractivity (Wildman–Crippen MR) is 53.8 cm³/mol. The van der Waals surface area contributed by atoms with Crippen molar-refractivity contribution >= 4 is 82.4 Å². The zero-order chi connectivity index (χ0) is 11.3. The first-order valence-corrected chi connectivity index (χ1v) is 4.49. The Morgan fingerprint density at radius 3 is 1.46 bits per heavy atom. The van der Waals surface area contributed by atoms with Gasteiger partial charge in [0.25, 0.3) is 8.31 Å². The molecule has 0 fully saturated rings. The lowest BCUT2D eigenvalue weighted by atomic mass is 10.5. The summed E-state index contributed by atoms with van der Waals surface area (Å²) in [6.07, 6.45) is 0. The van der Waals surface area contributed by atoms with Gasteiger partial charge in [0.1, 0.15) is 6.79 Å². The summed E-state index contributed by atoms with van der Waals surface area (Å²) in [5.74, 6) is -1.17. The second-order valence-corrected chi connectivity index (χ2v) is 5.11. The first-order chi connectivity index (χ1) is 5.72. The first-order valence-electron chi connectivity index (χ1n) is 2.30. The summed E-state index contributed by atoms with van der Waals surface area (Å²) in [5.41, 5.74) is 0. The smallest absolute Gasteiger partial charge is 0.299 e. The molecule has 0 atom stereocenters. The Balaban J connectivity index is 0. The molecule has 0 saturated heterocycles. The number of rotatable bonds is 2. The molecule has 9 heteroatoms. The van der Waals surface area contributed by atoms with Crippen LogP contribution in [-0.2, 0) is 13.9 Å². The molecular formula is C4H2Cl6O3. The third-order valence-electron chi connectivity index (χ3n) is 0.619. The molecule has 0 saturated carbocycles. The summed E-state index contributed by atoms with van der Waals surface area (Å²) in [6.45, 7) is 2.00. The second-order valence-electron chi connectivity index (χ2n) is 1.42. The topological polar surface area (TPSA) is 43.4 Å². The van der Waals surface area contributed by atoms with E-state index in [0.29, 0.717) is 0 Å². The summed E-state index contributed by atoms with van der Waals surface area (Å²) in [7, 11) is 0. The van der Waals surface area contributed by atoms with Gasteiger partial charge in [-0.1, -0.05) is 58.0 Å². The highest BCUT2D eigenvalue weighted by Gasteiger charge is 2.47. The molecule has 0 aromatic rings. The van der Waals surface area contributed by atoms with Gasteiger partial charge in [-0.05, 0) is 0 Å². The van der Waals surface area contributed by atoms with Gasteiger partial charge in [0.15, 0.2) is 0 Å². The van der Waals surface area contributed by atoms with Crippen molar-refractivity contribution in [2.45, 2.75) is 8.31 Å². The van der Waals surface area contributed by atoms with Crippen LogP contribution in [0.25, 0.3) is 0 Å². The predicted octanol–water partition coefficient (Wildman–Crippen LogP) is 3.04. The highest BCUT2D eigenvalue weighted by Crippen LogP contribution is 2.38. The molecule has 3 nitrogen and oxygen atoms in total. The molecule has 0 aliphatic carbocycles. The molecule has 0 heterocycles. The van der Waals surface area contributed by atoms with Crippen LogP contribution < -0.4 is 0 Å². The van der Waals surface area contributed by atoms with E-state index in [2.05, 4.69) is 4.29 Å². The van der Waals surface area contributed by atoms with Crippen molar-refractivity contribution in [3.05, 3.63) is 0 Å². The van der Waals surface area contributed by atoms with Crippen molar-refractivity contribution in [2.75, 3.05) is 0 Å². The van der Waals surface area contributed by atoms with Crippen molar-refractivity contribution in [3.63, 3.8) is 0 Å². The molecule has 0 amide bonds. The quantitative estimate of drug-likeness (QED) is 0.736. The SMILES string of the molecule is C=O.O=C(C(Cl)(Cl)Cl)C(Cl)(Cl)OCl. The number of Topliss-reactive ketones (excluding diaryl/α,β-unsaturated/α-hetero) is 1. The maximum atomic E-state index is 10.8. The van der Waals surface area contributed by atoms with Crippen molar-refractivity contribution in [3.8, 4) is 0 Å². The third-order valence-corrected chi connectivity index (χ3v) is 2.02. The maximum Gasteiger partial charge on any atom is 0.299 e. The second kappa shape index (κ2) is 6.51. The zero-order valence-corrected chi connectivity index (χ0v) is 10.2. The van der Waals surface area contributed by atoms with Crippen molar-refractivity contribution in [1.82, 2.24) is 0 Å². The van der Waals surface area contributed by atoms with Crippen LogP contribution in [-0.4, -0.2) is 20.9 Å². The minimum Gasteiger partial charge on any atom is -0.307 e. The average Bonchev–Trinajstić information content (AvgIpc) is 2.05. The normalized spacial score (nSPS) is 11.5. The molecule has 0 aromatic carbocycles. The third kappa shape index (κ3) is 6.18. The average molecular weight is 311 g/mol. The summed E-state index contributed by atoms with van der Waals surface area (Å²) < 4.78 is -0.766. The van der Waals surface area contributed by atoms with Gasteiger partial charge < -0.3 is 4.79 Å². The highest BCUT2D eigenvalue weighted by atomic mass is 35.6. The van der Waals surface area contributed by atoms with Crippen LogP contribution in [0.15, 0.2) is 0 Å². The largest absolute Gasteiger partial charge is 0.307 e. The van der Waals surface area contributed by atoms with Crippen LogP contribution in [0, 0.1) is 0 Å². The summed E-state index contributed by atoms with van der Waals surface area (Å²) >= 11 is 30.4. The maximum absolute atomic E-state index is 10.8. The van der Waals surface area contributed by atoms with Crippen molar-refractivity contribution in [1.29, 1.82) is 0 Å². The van der Waals surface area contributed by atoms with Crippen LogP contribution in [0.5, 0.6) is 0 Å². The summed E-state index contributed by atoms with van der Waals surface area (Å²) in [5, 5.41) is 0. The molecule has 78 valence electrons. The minimum atomic E-state index is -2.34. The van der Waals surface area contributed by atoms with E-state index in [1.54, 1.807) is 0 Å². The van der Waals surface area contributed by atoms with E-state index in [1.807, 2.05) is 6.79 Å². The van der Waals surface area contributed by atoms with E-state index in [1.165, 1.54) is 0 Å². The lowest BCUT2D eigenvalue weighted by molar-refractivity contribution is -0.123. The molecule has 0 aliphatic heterocycles. The standard InChI is InChI=1S/C3Cl6O2.CH2O/c4-2(5,6)1(10)3(7,8)11-9;1-2/h;1H2. The van der Waals surface area contributed by atoms with Gasteiger partial charge in [0.05, 0.1) is 11.9 Å². The van der Waals surface area contributed by atoms with Crippen LogP contribution >= 0.6 is 69.9 Å². The molecule has 13 heavy (non-hydrogen) atoms. The lowest BCUT2D eigenvalue weighted by Gasteiger charge is -2.17. The fourth-order valence-corrected chi connectivity index (χ4v) is 1.24. The fraction of sp³-hybridized carbons (Fsp3) is 0.500. The van der Waals surface area contributed by atoms with Crippen molar-refractivity contribution in [2.24, 2.45) is 0 Å². The Hall–Kier alpha value is 1.04. The van der Waals surface area contributed by atoms with Gasteiger partial charge in [0, 0.05) is 0 Å². The molecule has 0 aromatic heterocycles. The molecule has 0 bridgehead atoms. The van der Waals surface area contributed by atoms with Gasteiger partial charge in [-0.2, -0.15) is 0 Å². The number of hydrogen-bond acceptors (Lipinski definition) is 3. The van der Waals surface area contributed by atoms with Crippen LogP contribution in [0.4, 0.5) is 0 Å². The van der Waals surface area contributed by atoms with E-state index in [4.69, 9.17) is 74.7 Å². The van der Waals surface area contributed by atoms with E-state index >= 15 is 0 Å². The number of hydrogen-bond donors (Lipinski definition) is 0. The van der Waals surface area contributed by atoms with Gasteiger partial charge >= 0.3 is 0 Å². The Kier molecular flexibility index (Phi) is 8.25. The number of carbonyl (C=O) groups excluding carboxylic acids is 2. The van der Waals surface area contributed by atoms with Crippen molar-refractivity contribution < 1.29 is 13.9 Å². The molecule has 0 unspecified atom stereocenters. The monoisotopic (exact) mass is 308 g/mol. The molecular weight excluding hydrogens is 309 g/mol. The number of carbonyl (C=O) groups is 2. The van der Waals surface area contributed by atoms with E-state index in [-0.39, 0.29) is 0 Å². The van der Waals surface area contributed by atoms with Crippen LogP contribution in [0.1, 0.15) is 0 Å². The molecule has 0 radical (unpaired) electrons. The van der Waals surface area contributed by atoms with Gasteiger partial charge in [-0.25, -0.2) is 4.29 Å². The number of alkyl halides is 5.